The fourth-order valence-electron chi connectivity index (χ4n) is 2.09. The first-order valence-electron chi connectivity index (χ1n) is 6.70. The molecule has 1 fully saturated rings. The molecule has 2 aliphatic rings. The molecule has 0 radical (unpaired) electrons. The van der Waals surface area contributed by atoms with E-state index in [1.54, 1.807) is 21.6 Å². The van der Waals surface area contributed by atoms with Crippen LogP contribution in [0.1, 0.15) is 6.92 Å². The number of carbonyl (C=O) groups is 2. The zero-order valence-corrected chi connectivity index (χ0v) is 12.7. The molecule has 8 heteroatoms. The lowest BCUT2D eigenvalue weighted by atomic mass is 10.2. The first-order valence-corrected chi connectivity index (χ1v) is 7.69. The van der Waals surface area contributed by atoms with Gasteiger partial charge in [0.15, 0.2) is 5.17 Å². The molecule has 2 rings (SSSR count). The lowest BCUT2D eigenvalue weighted by Gasteiger charge is -2.34. The number of amidine groups is 1. The van der Waals surface area contributed by atoms with Crippen LogP contribution in [-0.2, 0) is 9.59 Å². The van der Waals surface area contributed by atoms with Crippen molar-refractivity contribution in [2.24, 2.45) is 4.99 Å². The summed E-state index contributed by atoms with van der Waals surface area (Å²) in [7, 11) is 0. The third kappa shape index (κ3) is 3.98. The first kappa shape index (κ1) is 15.4. The minimum Gasteiger partial charge on any atom is -0.340 e. The van der Waals surface area contributed by atoms with E-state index in [2.05, 4.69) is 10.3 Å². The van der Waals surface area contributed by atoms with Gasteiger partial charge in [-0.05, 0) is 0 Å². The molecule has 0 aliphatic carbocycles. The Morgan fingerprint density at radius 1 is 1.33 bits per heavy atom. The summed E-state index contributed by atoms with van der Waals surface area (Å²) in [6.07, 6.45) is 1.41. The molecule has 0 bridgehead atoms. The molecule has 0 aromatic rings. The van der Waals surface area contributed by atoms with Crippen LogP contribution < -0.4 is 5.32 Å². The van der Waals surface area contributed by atoms with E-state index in [-0.39, 0.29) is 17.4 Å². The number of nitrogens with one attached hydrogen (secondary N) is 1. The average Bonchev–Trinajstić information content (AvgIpc) is 3.01. The quantitative estimate of drug-likeness (QED) is 0.563. The number of nitrogens with zero attached hydrogens (tertiary/aromatic N) is 4. The predicted octanol–water partition coefficient (Wildman–Crippen LogP) is -0.223. The van der Waals surface area contributed by atoms with Gasteiger partial charge < -0.3 is 15.1 Å². The number of aliphatic imine (C=N–C) groups is 1. The zero-order valence-electron chi connectivity index (χ0n) is 11.8. The van der Waals surface area contributed by atoms with Gasteiger partial charge in [-0.1, -0.05) is 11.8 Å². The molecule has 0 unspecified atom stereocenters. The van der Waals surface area contributed by atoms with Crippen LogP contribution in [0.3, 0.4) is 0 Å². The summed E-state index contributed by atoms with van der Waals surface area (Å²) in [6.45, 7) is 4.19. The summed E-state index contributed by atoms with van der Waals surface area (Å²) >= 11 is 1.56. The van der Waals surface area contributed by atoms with Gasteiger partial charge in [-0.2, -0.15) is 5.26 Å². The SMILES string of the molecule is CC(=O)N1CCN(C(=O)/C(C#N)=C\NC2=NCCS2)CC1. The van der Waals surface area contributed by atoms with Crippen LogP contribution >= 0.6 is 11.8 Å². The number of nitriles is 1. The second-order valence-electron chi connectivity index (χ2n) is 4.65. The molecule has 7 nitrogen and oxygen atoms in total. The highest BCUT2D eigenvalue weighted by Gasteiger charge is 2.24. The molecular weight excluding hydrogens is 290 g/mol. The lowest BCUT2D eigenvalue weighted by Crippen LogP contribution is -2.50. The number of hydrogen-bond donors (Lipinski definition) is 1. The van der Waals surface area contributed by atoms with Crippen LogP contribution in [-0.4, -0.2) is 65.3 Å². The lowest BCUT2D eigenvalue weighted by molar-refractivity contribution is -0.136. The summed E-state index contributed by atoms with van der Waals surface area (Å²) in [5.74, 6) is 0.617. The fourth-order valence-corrected chi connectivity index (χ4v) is 2.79. The van der Waals surface area contributed by atoms with Crippen molar-refractivity contribution in [1.82, 2.24) is 15.1 Å². The van der Waals surface area contributed by atoms with Crippen LogP contribution in [0.2, 0.25) is 0 Å². The second-order valence-corrected chi connectivity index (χ2v) is 5.73. The van der Waals surface area contributed by atoms with Gasteiger partial charge in [-0.3, -0.25) is 14.6 Å². The standard InChI is InChI=1S/C13H17N5O2S/c1-10(19)17-3-5-18(6-4-17)12(20)11(8-14)9-16-13-15-2-7-21-13/h9H,2-7H2,1H3,(H,15,16)/b11-9-. The van der Waals surface area contributed by atoms with Gasteiger partial charge in [-0.15, -0.1) is 0 Å². The number of carbonyl (C=O) groups excluding carboxylic acids is 2. The Bertz CT molecular complexity index is 529. The van der Waals surface area contributed by atoms with Gasteiger partial charge in [0.05, 0.1) is 6.54 Å². The van der Waals surface area contributed by atoms with Crippen LogP contribution in [0, 0.1) is 11.3 Å². The molecule has 0 aromatic heterocycles. The molecular formula is C13H17N5O2S. The van der Waals surface area contributed by atoms with E-state index in [0.717, 1.165) is 17.5 Å². The normalized spacial score (nSPS) is 19.0. The third-order valence-electron chi connectivity index (χ3n) is 3.29. The molecule has 2 amide bonds. The average molecular weight is 307 g/mol. The largest absolute Gasteiger partial charge is 0.340 e. The number of hydrogen-bond acceptors (Lipinski definition) is 6. The monoisotopic (exact) mass is 307 g/mol. The van der Waals surface area contributed by atoms with Crippen molar-refractivity contribution in [2.75, 3.05) is 38.5 Å². The van der Waals surface area contributed by atoms with Crippen molar-refractivity contribution >= 4 is 28.7 Å². The highest BCUT2D eigenvalue weighted by atomic mass is 32.2. The van der Waals surface area contributed by atoms with Gasteiger partial charge in [0.2, 0.25) is 5.91 Å². The van der Waals surface area contributed by atoms with E-state index in [1.165, 1.54) is 13.1 Å². The third-order valence-corrected chi connectivity index (χ3v) is 4.20. The van der Waals surface area contributed by atoms with Crippen LogP contribution in [0.25, 0.3) is 0 Å². The Morgan fingerprint density at radius 2 is 2.00 bits per heavy atom. The van der Waals surface area contributed by atoms with Gasteiger partial charge in [0, 0.05) is 45.1 Å². The fraction of sp³-hybridized carbons (Fsp3) is 0.538. The molecule has 0 aromatic carbocycles. The maximum atomic E-state index is 12.3. The molecule has 1 N–H and O–H groups in total. The molecule has 2 aliphatic heterocycles. The van der Waals surface area contributed by atoms with Crippen molar-refractivity contribution in [3.63, 3.8) is 0 Å². The highest BCUT2D eigenvalue weighted by molar-refractivity contribution is 8.14. The van der Waals surface area contributed by atoms with Gasteiger partial charge in [0.25, 0.3) is 5.91 Å². The maximum absolute atomic E-state index is 12.3. The Labute approximate surface area is 127 Å². The number of piperazine rings is 1. The van der Waals surface area contributed by atoms with E-state index >= 15 is 0 Å². The van der Waals surface area contributed by atoms with Crippen molar-refractivity contribution < 1.29 is 9.59 Å². The molecule has 21 heavy (non-hydrogen) atoms. The summed E-state index contributed by atoms with van der Waals surface area (Å²) in [4.78, 5) is 31.0. The van der Waals surface area contributed by atoms with Crippen LogP contribution in [0.4, 0.5) is 0 Å². The Kier molecular flexibility index (Phi) is 5.22. The summed E-state index contributed by atoms with van der Waals surface area (Å²) in [5, 5.41) is 12.8. The minimum atomic E-state index is -0.309. The minimum absolute atomic E-state index is 0.0103. The maximum Gasteiger partial charge on any atom is 0.266 e. The van der Waals surface area contributed by atoms with E-state index in [4.69, 9.17) is 5.26 Å². The van der Waals surface area contributed by atoms with Gasteiger partial charge in [0.1, 0.15) is 11.6 Å². The van der Waals surface area contributed by atoms with Crippen LogP contribution in [0.5, 0.6) is 0 Å². The first-order chi connectivity index (χ1) is 10.1. The molecule has 112 valence electrons. The summed E-state index contributed by atoms with van der Waals surface area (Å²) in [5.41, 5.74) is 0.0569. The number of thioether (sulfide) groups is 1. The molecule has 0 saturated carbocycles. The molecule has 1 saturated heterocycles. The van der Waals surface area contributed by atoms with Crippen molar-refractivity contribution in [3.8, 4) is 6.07 Å². The molecule has 0 atom stereocenters. The molecule has 2 heterocycles. The second kappa shape index (κ2) is 7.13. The van der Waals surface area contributed by atoms with Crippen LogP contribution in [0.15, 0.2) is 16.8 Å². The van der Waals surface area contributed by atoms with Crippen molar-refractivity contribution in [1.29, 1.82) is 5.26 Å². The summed E-state index contributed by atoms with van der Waals surface area (Å²) < 4.78 is 0. The number of rotatable bonds is 2. The smallest absolute Gasteiger partial charge is 0.266 e. The summed E-state index contributed by atoms with van der Waals surface area (Å²) in [6, 6.07) is 1.92. The Hall–Kier alpha value is -2.01. The van der Waals surface area contributed by atoms with Gasteiger partial charge in [-0.25, -0.2) is 0 Å². The zero-order chi connectivity index (χ0) is 15.2. The molecule has 0 spiro atoms. The van der Waals surface area contributed by atoms with Gasteiger partial charge >= 0.3 is 0 Å². The number of amides is 2. The van der Waals surface area contributed by atoms with E-state index in [0.29, 0.717) is 26.2 Å². The highest BCUT2D eigenvalue weighted by Crippen LogP contribution is 2.10. The van der Waals surface area contributed by atoms with Crippen molar-refractivity contribution in [3.05, 3.63) is 11.8 Å². The van der Waals surface area contributed by atoms with E-state index in [1.807, 2.05) is 6.07 Å². The Balaban J connectivity index is 1.93. The van der Waals surface area contributed by atoms with Crippen molar-refractivity contribution in [2.45, 2.75) is 6.92 Å². The Morgan fingerprint density at radius 3 is 2.52 bits per heavy atom. The predicted molar refractivity (Wildman–Crippen MR) is 80.4 cm³/mol. The van der Waals surface area contributed by atoms with E-state index in [9.17, 15) is 9.59 Å². The van der Waals surface area contributed by atoms with E-state index < -0.39 is 0 Å². The topological polar surface area (TPSA) is 88.8 Å².